The maximum absolute atomic E-state index is 12.0. The van der Waals surface area contributed by atoms with Crippen molar-refractivity contribution < 1.29 is 9.53 Å². The lowest BCUT2D eigenvalue weighted by Crippen LogP contribution is -2.49. The van der Waals surface area contributed by atoms with Gasteiger partial charge in [-0.05, 0) is 19.1 Å². The van der Waals surface area contributed by atoms with Gasteiger partial charge in [-0.3, -0.25) is 9.78 Å². The maximum atomic E-state index is 12.0. The van der Waals surface area contributed by atoms with Gasteiger partial charge in [-0.25, -0.2) is 0 Å². The number of nitrogens with zero attached hydrogens (tertiary/aromatic N) is 3. The molecule has 0 saturated carbocycles. The van der Waals surface area contributed by atoms with E-state index < -0.39 is 0 Å². The summed E-state index contributed by atoms with van der Waals surface area (Å²) in [6.07, 6.45) is 1.82. The first kappa shape index (κ1) is 14.7. The molecule has 1 fully saturated rings. The molecule has 6 heteroatoms. The van der Waals surface area contributed by atoms with Gasteiger partial charge in [-0.1, -0.05) is 0 Å². The number of rotatable bonds is 3. The summed E-state index contributed by atoms with van der Waals surface area (Å²) in [5, 5.41) is 0. The molecule has 0 aromatic carbocycles. The summed E-state index contributed by atoms with van der Waals surface area (Å²) in [5.41, 5.74) is 7.14. The molecular weight excluding hydrogens is 256 g/mol. The molecule has 0 bridgehead atoms. The number of hydrogen-bond acceptors (Lipinski definition) is 5. The topological polar surface area (TPSA) is 71.7 Å². The second kappa shape index (κ2) is 6.19. The van der Waals surface area contributed by atoms with Crippen LogP contribution in [0.1, 0.15) is 17.4 Å². The number of pyridine rings is 1. The smallest absolute Gasteiger partial charge is 0.272 e. The fourth-order valence-electron chi connectivity index (χ4n) is 2.35. The normalized spacial score (nSPS) is 22.7. The highest BCUT2D eigenvalue weighted by Crippen LogP contribution is 2.20. The lowest BCUT2D eigenvalue weighted by Gasteiger charge is -2.37. The van der Waals surface area contributed by atoms with Gasteiger partial charge in [0.25, 0.3) is 5.91 Å². The van der Waals surface area contributed by atoms with Gasteiger partial charge in [0.15, 0.2) is 0 Å². The first-order valence-corrected chi connectivity index (χ1v) is 6.79. The average molecular weight is 278 g/mol. The van der Waals surface area contributed by atoms with Crippen LogP contribution in [-0.4, -0.2) is 61.7 Å². The molecule has 2 unspecified atom stereocenters. The second-order valence-electron chi connectivity index (χ2n) is 5.31. The van der Waals surface area contributed by atoms with E-state index in [1.165, 1.54) is 4.90 Å². The number of amides is 1. The summed E-state index contributed by atoms with van der Waals surface area (Å²) in [5.74, 6) is -0.0940. The summed E-state index contributed by atoms with van der Waals surface area (Å²) >= 11 is 0. The molecule has 2 N–H and O–H groups in total. The minimum atomic E-state index is -0.0940. The van der Waals surface area contributed by atoms with Crippen molar-refractivity contribution in [2.75, 3.05) is 38.6 Å². The average Bonchev–Trinajstić information content (AvgIpc) is 2.45. The van der Waals surface area contributed by atoms with E-state index in [4.69, 9.17) is 10.5 Å². The number of nitrogens with two attached hydrogens (primary N) is 1. The van der Waals surface area contributed by atoms with E-state index in [0.29, 0.717) is 12.2 Å². The molecule has 2 rings (SSSR count). The Morgan fingerprint density at radius 2 is 2.30 bits per heavy atom. The van der Waals surface area contributed by atoms with E-state index in [-0.39, 0.29) is 18.1 Å². The first-order chi connectivity index (χ1) is 9.51. The lowest BCUT2D eigenvalue weighted by molar-refractivity contribution is -0.0104. The molecule has 20 heavy (non-hydrogen) atoms. The van der Waals surface area contributed by atoms with Gasteiger partial charge in [0, 0.05) is 45.6 Å². The Hall–Kier alpha value is -1.66. The van der Waals surface area contributed by atoms with Gasteiger partial charge in [0.1, 0.15) is 5.69 Å². The van der Waals surface area contributed by atoms with E-state index >= 15 is 0 Å². The Balaban J connectivity index is 2.20. The molecule has 1 aromatic heterocycles. The summed E-state index contributed by atoms with van der Waals surface area (Å²) < 4.78 is 5.75. The second-order valence-corrected chi connectivity index (χ2v) is 5.31. The molecule has 1 amide bonds. The highest BCUT2D eigenvalue weighted by molar-refractivity contribution is 5.92. The molecule has 1 aliphatic rings. The Kier molecular flexibility index (Phi) is 4.57. The number of anilines is 1. The minimum Gasteiger partial charge on any atom is -0.370 e. The van der Waals surface area contributed by atoms with Crippen molar-refractivity contribution in [1.82, 2.24) is 9.88 Å². The van der Waals surface area contributed by atoms with Crippen LogP contribution < -0.4 is 10.6 Å². The van der Waals surface area contributed by atoms with Crippen LogP contribution in [-0.2, 0) is 4.74 Å². The van der Waals surface area contributed by atoms with Crippen LogP contribution >= 0.6 is 0 Å². The molecule has 0 aliphatic carbocycles. The lowest BCUT2D eigenvalue weighted by atomic mass is 10.2. The van der Waals surface area contributed by atoms with Gasteiger partial charge >= 0.3 is 0 Å². The van der Waals surface area contributed by atoms with Crippen molar-refractivity contribution in [2.24, 2.45) is 5.73 Å². The van der Waals surface area contributed by atoms with Crippen molar-refractivity contribution in [1.29, 1.82) is 0 Å². The third-order valence-electron chi connectivity index (χ3n) is 3.32. The van der Waals surface area contributed by atoms with Crippen LogP contribution in [0.25, 0.3) is 0 Å². The highest BCUT2D eigenvalue weighted by atomic mass is 16.5. The number of carbonyl (C=O) groups is 1. The summed E-state index contributed by atoms with van der Waals surface area (Å²) in [6, 6.07) is 3.74. The first-order valence-electron chi connectivity index (χ1n) is 6.79. The highest BCUT2D eigenvalue weighted by Gasteiger charge is 2.25. The monoisotopic (exact) mass is 278 g/mol. The fraction of sp³-hybridized carbons (Fsp3) is 0.571. The van der Waals surface area contributed by atoms with Crippen LogP contribution in [0.4, 0.5) is 5.69 Å². The predicted molar refractivity (Wildman–Crippen MR) is 77.9 cm³/mol. The van der Waals surface area contributed by atoms with Crippen molar-refractivity contribution in [2.45, 2.75) is 19.1 Å². The molecule has 1 aromatic rings. The van der Waals surface area contributed by atoms with Gasteiger partial charge in [0.05, 0.1) is 12.2 Å². The van der Waals surface area contributed by atoms with Crippen LogP contribution in [0.3, 0.4) is 0 Å². The fourth-order valence-corrected chi connectivity index (χ4v) is 2.35. The summed E-state index contributed by atoms with van der Waals surface area (Å²) in [6.45, 7) is 4.05. The van der Waals surface area contributed by atoms with Crippen LogP contribution in [0.15, 0.2) is 18.3 Å². The molecule has 1 aliphatic heterocycles. The van der Waals surface area contributed by atoms with Crippen molar-refractivity contribution in [3.8, 4) is 0 Å². The molecule has 2 atom stereocenters. The Bertz CT molecular complexity index is 478. The zero-order chi connectivity index (χ0) is 14.7. The largest absolute Gasteiger partial charge is 0.370 e. The molecule has 0 spiro atoms. The quantitative estimate of drug-likeness (QED) is 0.863. The Labute approximate surface area is 119 Å². The van der Waals surface area contributed by atoms with Gasteiger partial charge < -0.3 is 20.3 Å². The molecule has 110 valence electrons. The van der Waals surface area contributed by atoms with Crippen molar-refractivity contribution in [3.63, 3.8) is 0 Å². The van der Waals surface area contributed by atoms with Crippen molar-refractivity contribution >= 4 is 11.6 Å². The zero-order valence-electron chi connectivity index (χ0n) is 12.2. The number of carbonyl (C=O) groups excluding carboxylic acids is 1. The summed E-state index contributed by atoms with van der Waals surface area (Å²) in [7, 11) is 3.44. The SMILES string of the molecule is CC1CN(c2ccnc(C(=O)N(C)C)c2)CC(CN)O1. The number of aromatic nitrogens is 1. The number of morpholine rings is 1. The standard InChI is InChI=1S/C14H22N4O2/c1-10-8-18(9-12(7-15)20-10)11-4-5-16-13(6-11)14(19)17(2)3/h4-6,10,12H,7-9,15H2,1-3H3. The molecular formula is C14H22N4O2. The van der Waals surface area contributed by atoms with Gasteiger partial charge in [0.2, 0.25) is 0 Å². The molecule has 1 saturated heterocycles. The molecule has 0 radical (unpaired) electrons. The van der Waals surface area contributed by atoms with E-state index in [9.17, 15) is 4.79 Å². The number of ether oxygens (including phenoxy) is 1. The Morgan fingerprint density at radius 1 is 1.55 bits per heavy atom. The predicted octanol–water partition coefficient (Wildman–Crippen LogP) is 0.336. The van der Waals surface area contributed by atoms with Gasteiger partial charge in [-0.15, -0.1) is 0 Å². The zero-order valence-corrected chi connectivity index (χ0v) is 12.2. The van der Waals surface area contributed by atoms with Crippen molar-refractivity contribution in [3.05, 3.63) is 24.0 Å². The Morgan fingerprint density at radius 3 is 2.95 bits per heavy atom. The van der Waals surface area contributed by atoms with Crippen LogP contribution in [0.5, 0.6) is 0 Å². The minimum absolute atomic E-state index is 0.0277. The third-order valence-corrected chi connectivity index (χ3v) is 3.32. The van der Waals surface area contributed by atoms with E-state index in [2.05, 4.69) is 9.88 Å². The maximum Gasteiger partial charge on any atom is 0.272 e. The van der Waals surface area contributed by atoms with Gasteiger partial charge in [-0.2, -0.15) is 0 Å². The van der Waals surface area contributed by atoms with Crippen LogP contribution in [0.2, 0.25) is 0 Å². The number of hydrogen-bond donors (Lipinski definition) is 1. The van der Waals surface area contributed by atoms with E-state index in [1.807, 2.05) is 19.1 Å². The summed E-state index contributed by atoms with van der Waals surface area (Å²) in [4.78, 5) is 19.8. The third kappa shape index (κ3) is 3.26. The van der Waals surface area contributed by atoms with E-state index in [1.54, 1.807) is 20.3 Å². The molecule has 6 nitrogen and oxygen atoms in total. The van der Waals surface area contributed by atoms with Crippen LogP contribution in [0, 0.1) is 0 Å². The molecule has 2 heterocycles. The van der Waals surface area contributed by atoms with E-state index in [0.717, 1.165) is 18.8 Å².